The fraction of sp³-hybridized carbons (Fsp3) is 0.0833. The van der Waals surface area contributed by atoms with Gasteiger partial charge in [-0.2, -0.15) is 0 Å². The first-order chi connectivity index (χ1) is 9.45. The summed E-state index contributed by atoms with van der Waals surface area (Å²) >= 11 is 5.79. The third-order valence-electron chi connectivity index (χ3n) is 2.77. The van der Waals surface area contributed by atoms with Gasteiger partial charge >= 0.3 is 0 Å². The molecule has 1 aromatic carbocycles. The predicted octanol–water partition coefficient (Wildman–Crippen LogP) is 2.29. The molecule has 0 saturated heterocycles. The summed E-state index contributed by atoms with van der Waals surface area (Å²) in [6.07, 6.45) is 1.30. The minimum atomic E-state index is -1.59. The fourth-order valence-corrected chi connectivity index (χ4v) is 1.97. The van der Waals surface area contributed by atoms with Gasteiger partial charge in [-0.05, 0) is 12.1 Å². The first kappa shape index (κ1) is 14.6. The molecule has 0 bridgehead atoms. The highest BCUT2D eigenvalue weighted by Crippen LogP contribution is 2.30. The maximum atomic E-state index is 13.8. The van der Waals surface area contributed by atoms with E-state index in [1.807, 2.05) is 0 Å². The van der Waals surface area contributed by atoms with Crippen molar-refractivity contribution in [1.82, 2.24) is 10.4 Å². The molecule has 0 fully saturated rings. The van der Waals surface area contributed by atoms with Crippen molar-refractivity contribution in [3.8, 4) is 0 Å². The Balaban J connectivity index is 2.58. The van der Waals surface area contributed by atoms with Crippen LogP contribution >= 0.6 is 11.6 Å². The molecule has 0 spiro atoms. The van der Waals surface area contributed by atoms with Crippen molar-refractivity contribution in [2.45, 2.75) is 6.04 Å². The van der Waals surface area contributed by atoms with E-state index in [2.05, 4.69) is 10.4 Å². The second-order valence-corrected chi connectivity index (χ2v) is 4.43. The van der Waals surface area contributed by atoms with Gasteiger partial charge in [0.05, 0.1) is 11.1 Å². The summed E-state index contributed by atoms with van der Waals surface area (Å²) in [7, 11) is 0. The molecule has 0 radical (unpaired) electrons. The number of halogens is 4. The van der Waals surface area contributed by atoms with Crippen molar-refractivity contribution in [2.75, 3.05) is 5.73 Å². The third-order valence-corrected chi connectivity index (χ3v) is 2.98. The number of hydrazine groups is 1. The summed E-state index contributed by atoms with van der Waals surface area (Å²) in [5, 5.41) is 0.248. The Hall–Kier alpha value is -1.83. The standard InChI is InChI=1S/C12H10ClF3N4/c13-5-3-7(12(17)19-4-5)11(20-18)6-1-2-8(14)10(16)9(6)15/h1-4,11,20H,18H2,(H2,17,19). The molecule has 4 nitrogen and oxygen atoms in total. The first-order valence-corrected chi connectivity index (χ1v) is 5.84. The normalized spacial score (nSPS) is 12.4. The van der Waals surface area contributed by atoms with Gasteiger partial charge in [0, 0.05) is 17.3 Å². The van der Waals surface area contributed by atoms with Crippen LogP contribution in [-0.2, 0) is 0 Å². The number of anilines is 1. The summed E-state index contributed by atoms with van der Waals surface area (Å²) in [6.45, 7) is 0. The molecule has 0 aliphatic rings. The summed E-state index contributed by atoms with van der Waals surface area (Å²) in [4.78, 5) is 3.80. The van der Waals surface area contributed by atoms with Crippen molar-refractivity contribution < 1.29 is 13.2 Å². The van der Waals surface area contributed by atoms with Crippen LogP contribution in [0.5, 0.6) is 0 Å². The van der Waals surface area contributed by atoms with Crippen molar-refractivity contribution in [2.24, 2.45) is 5.84 Å². The van der Waals surface area contributed by atoms with Crippen molar-refractivity contribution in [3.05, 3.63) is 58.0 Å². The highest BCUT2D eigenvalue weighted by Gasteiger charge is 2.23. The Bertz CT molecular complexity index is 651. The first-order valence-electron chi connectivity index (χ1n) is 5.46. The molecule has 0 amide bonds. The van der Waals surface area contributed by atoms with E-state index in [1.54, 1.807) is 0 Å². The van der Waals surface area contributed by atoms with Crippen LogP contribution in [0.3, 0.4) is 0 Å². The van der Waals surface area contributed by atoms with Crippen LogP contribution in [0.4, 0.5) is 19.0 Å². The lowest BCUT2D eigenvalue weighted by atomic mass is 9.99. The number of hydrogen-bond acceptors (Lipinski definition) is 4. The SMILES string of the molecule is NNC(c1cc(Cl)cnc1N)c1ccc(F)c(F)c1F. The average Bonchev–Trinajstić information content (AvgIpc) is 2.43. The summed E-state index contributed by atoms with van der Waals surface area (Å²) < 4.78 is 40.1. The number of pyridine rings is 1. The molecule has 1 atom stereocenters. The Morgan fingerprint density at radius 1 is 1.15 bits per heavy atom. The zero-order chi connectivity index (χ0) is 14.9. The average molecular weight is 303 g/mol. The highest BCUT2D eigenvalue weighted by atomic mass is 35.5. The van der Waals surface area contributed by atoms with Crippen molar-refractivity contribution in [3.63, 3.8) is 0 Å². The third kappa shape index (κ3) is 2.55. The van der Waals surface area contributed by atoms with Gasteiger partial charge in [0.2, 0.25) is 0 Å². The van der Waals surface area contributed by atoms with Gasteiger partial charge in [-0.3, -0.25) is 5.84 Å². The van der Waals surface area contributed by atoms with Gasteiger partial charge in [0.25, 0.3) is 0 Å². The molecular formula is C12H10ClF3N4. The predicted molar refractivity (Wildman–Crippen MR) is 69.1 cm³/mol. The molecule has 5 N–H and O–H groups in total. The zero-order valence-corrected chi connectivity index (χ0v) is 10.8. The van der Waals surface area contributed by atoms with Gasteiger partial charge in [0.1, 0.15) is 5.82 Å². The number of nitrogens with one attached hydrogen (secondary N) is 1. The molecule has 0 saturated carbocycles. The lowest BCUT2D eigenvalue weighted by Crippen LogP contribution is -2.30. The van der Waals surface area contributed by atoms with E-state index in [0.717, 1.165) is 12.1 Å². The van der Waals surface area contributed by atoms with Crippen LogP contribution in [0.2, 0.25) is 5.02 Å². The van der Waals surface area contributed by atoms with E-state index in [-0.39, 0.29) is 22.0 Å². The van der Waals surface area contributed by atoms with E-state index in [4.69, 9.17) is 23.2 Å². The topological polar surface area (TPSA) is 77.0 Å². The van der Waals surface area contributed by atoms with Gasteiger partial charge in [0.15, 0.2) is 17.5 Å². The quantitative estimate of drug-likeness (QED) is 0.462. The van der Waals surface area contributed by atoms with Crippen LogP contribution in [0.25, 0.3) is 0 Å². The zero-order valence-electron chi connectivity index (χ0n) is 10.0. The summed E-state index contributed by atoms with van der Waals surface area (Å²) in [5.41, 5.74) is 8.00. The molecule has 106 valence electrons. The van der Waals surface area contributed by atoms with Gasteiger partial charge in [-0.15, -0.1) is 0 Å². The Morgan fingerprint density at radius 2 is 1.85 bits per heavy atom. The smallest absolute Gasteiger partial charge is 0.194 e. The lowest BCUT2D eigenvalue weighted by molar-refractivity contribution is 0.433. The Morgan fingerprint density at radius 3 is 2.50 bits per heavy atom. The molecule has 1 heterocycles. The second-order valence-electron chi connectivity index (χ2n) is 3.99. The molecule has 1 aromatic heterocycles. The van der Waals surface area contributed by atoms with Crippen molar-refractivity contribution >= 4 is 17.4 Å². The summed E-state index contributed by atoms with van der Waals surface area (Å²) in [5.74, 6) is 1.16. The number of rotatable bonds is 3. The van der Waals surface area contributed by atoms with Crippen molar-refractivity contribution in [1.29, 1.82) is 0 Å². The Kier molecular flexibility index (Phi) is 4.12. The highest BCUT2D eigenvalue weighted by molar-refractivity contribution is 6.30. The molecule has 2 rings (SSSR count). The largest absolute Gasteiger partial charge is 0.383 e. The monoisotopic (exact) mass is 302 g/mol. The van der Waals surface area contributed by atoms with Gasteiger partial charge in [-0.25, -0.2) is 23.6 Å². The van der Waals surface area contributed by atoms with Crippen LogP contribution in [0.1, 0.15) is 17.2 Å². The maximum absolute atomic E-state index is 13.8. The number of hydrogen-bond donors (Lipinski definition) is 3. The van der Waals surface area contributed by atoms with E-state index in [9.17, 15) is 13.2 Å². The van der Waals surface area contributed by atoms with E-state index >= 15 is 0 Å². The van der Waals surface area contributed by atoms with Crippen LogP contribution in [-0.4, -0.2) is 4.98 Å². The number of nitrogens with two attached hydrogens (primary N) is 2. The molecule has 20 heavy (non-hydrogen) atoms. The molecule has 1 unspecified atom stereocenters. The minimum absolute atomic E-state index is 0.0430. The second kappa shape index (κ2) is 5.66. The number of aromatic nitrogens is 1. The fourth-order valence-electron chi connectivity index (χ4n) is 1.81. The van der Waals surface area contributed by atoms with E-state index in [0.29, 0.717) is 0 Å². The van der Waals surface area contributed by atoms with E-state index in [1.165, 1.54) is 12.3 Å². The van der Waals surface area contributed by atoms with Crippen LogP contribution in [0.15, 0.2) is 24.4 Å². The number of nitrogen functional groups attached to an aromatic ring is 1. The molecule has 2 aromatic rings. The Labute approximate surface area is 117 Å². The summed E-state index contributed by atoms with van der Waals surface area (Å²) in [6, 6.07) is 2.26. The molecule has 8 heteroatoms. The minimum Gasteiger partial charge on any atom is -0.383 e. The van der Waals surface area contributed by atoms with Gasteiger partial charge in [-0.1, -0.05) is 17.7 Å². The number of nitrogens with zero attached hydrogens (tertiary/aromatic N) is 1. The van der Waals surface area contributed by atoms with Crippen LogP contribution in [0, 0.1) is 17.5 Å². The molecule has 0 aliphatic heterocycles. The van der Waals surface area contributed by atoms with Gasteiger partial charge < -0.3 is 5.73 Å². The van der Waals surface area contributed by atoms with E-state index < -0.39 is 23.5 Å². The molecular weight excluding hydrogens is 293 g/mol. The number of benzene rings is 1. The lowest BCUT2D eigenvalue weighted by Gasteiger charge is -2.19. The molecule has 0 aliphatic carbocycles. The van der Waals surface area contributed by atoms with Crippen LogP contribution < -0.4 is 17.0 Å². The maximum Gasteiger partial charge on any atom is 0.194 e.